The van der Waals surface area contributed by atoms with E-state index in [0.29, 0.717) is 19.3 Å². The van der Waals surface area contributed by atoms with Gasteiger partial charge in [-0.2, -0.15) is 0 Å². The SMILES string of the molecule is CC/C=C\C/C=C\C/C=C\C/C=C\C/C=C\CCCC(=O)NC(COC1OC(CO)C(OC2OC(CO)C(OC3OC(CO)C(O)C(O)C3O)C(O)C2O)C(O)C1O)C(O)/C=C/CC/C=C/CCCCCCCCCCCCC. The van der Waals surface area contributed by atoms with Gasteiger partial charge in [0.1, 0.15) is 73.2 Å². The Balaban J connectivity index is 1.55. The minimum Gasteiger partial charge on any atom is -0.394 e. The summed E-state index contributed by atoms with van der Waals surface area (Å²) >= 11 is 0. The molecule has 17 unspecified atom stereocenters. The van der Waals surface area contributed by atoms with E-state index in [0.717, 1.165) is 51.4 Å². The van der Waals surface area contributed by atoms with Crippen LogP contribution in [0.5, 0.6) is 0 Å². The van der Waals surface area contributed by atoms with Gasteiger partial charge in [0.2, 0.25) is 5.91 Å². The summed E-state index contributed by atoms with van der Waals surface area (Å²) in [4.78, 5) is 13.3. The fourth-order valence-electron chi connectivity index (χ4n) is 9.36. The Morgan fingerprint density at radius 3 is 1.42 bits per heavy atom. The molecule has 0 spiro atoms. The van der Waals surface area contributed by atoms with Crippen molar-refractivity contribution < 1.29 is 89.4 Å². The first kappa shape index (κ1) is 70.2. The van der Waals surface area contributed by atoms with Crippen LogP contribution in [0.15, 0.2) is 85.1 Å². The van der Waals surface area contributed by atoms with E-state index in [-0.39, 0.29) is 12.3 Å². The number of aliphatic hydroxyl groups is 11. The molecule has 3 fully saturated rings. The van der Waals surface area contributed by atoms with Crippen LogP contribution in [-0.2, 0) is 33.2 Å². The molecule has 0 aliphatic carbocycles. The summed E-state index contributed by atoms with van der Waals surface area (Å²) in [5.74, 6) is -0.346. The van der Waals surface area contributed by atoms with Crippen LogP contribution in [0.25, 0.3) is 0 Å². The predicted molar refractivity (Wildman–Crippen MR) is 300 cm³/mol. The molecule has 3 saturated heterocycles. The predicted octanol–water partition coefficient (Wildman–Crippen LogP) is 4.81. The molecule has 0 aromatic rings. The maximum Gasteiger partial charge on any atom is 0.220 e. The maximum absolute atomic E-state index is 13.3. The van der Waals surface area contributed by atoms with E-state index in [1.54, 1.807) is 6.08 Å². The van der Waals surface area contributed by atoms with Crippen LogP contribution in [0.4, 0.5) is 0 Å². The van der Waals surface area contributed by atoms with Crippen LogP contribution in [0.2, 0.25) is 0 Å². The van der Waals surface area contributed by atoms with E-state index in [9.17, 15) is 61.0 Å². The number of amides is 1. The summed E-state index contributed by atoms with van der Waals surface area (Å²) < 4.78 is 34.2. The number of hydrogen-bond acceptors (Lipinski definition) is 18. The molecule has 19 heteroatoms. The summed E-state index contributed by atoms with van der Waals surface area (Å²) in [6.07, 6.45) is 24.3. The molecule has 0 aromatic carbocycles. The van der Waals surface area contributed by atoms with Crippen LogP contribution >= 0.6 is 0 Å². The van der Waals surface area contributed by atoms with Crippen molar-refractivity contribution in [2.75, 3.05) is 26.4 Å². The van der Waals surface area contributed by atoms with Gasteiger partial charge in [-0.3, -0.25) is 4.79 Å². The number of carbonyl (C=O) groups is 1. The highest BCUT2D eigenvalue weighted by Crippen LogP contribution is 2.33. The monoisotopic (exact) mass is 1120 g/mol. The van der Waals surface area contributed by atoms with E-state index in [1.807, 2.05) is 18.2 Å². The van der Waals surface area contributed by atoms with Crippen molar-refractivity contribution in [3.8, 4) is 0 Å². The quantitative estimate of drug-likeness (QED) is 0.0289. The van der Waals surface area contributed by atoms with Gasteiger partial charge in [-0.05, 0) is 70.6 Å². The van der Waals surface area contributed by atoms with Crippen molar-refractivity contribution in [1.29, 1.82) is 0 Å². The normalized spacial score (nSPS) is 30.9. The third kappa shape index (κ3) is 26.8. The summed E-state index contributed by atoms with van der Waals surface area (Å²) in [5, 5.41) is 120. The van der Waals surface area contributed by atoms with Crippen molar-refractivity contribution >= 4 is 5.91 Å². The molecule has 3 aliphatic heterocycles. The second kappa shape index (κ2) is 42.7. The van der Waals surface area contributed by atoms with Crippen molar-refractivity contribution in [1.82, 2.24) is 5.32 Å². The molecular weight excluding hydrogens is 1020 g/mol. The van der Waals surface area contributed by atoms with Crippen LogP contribution in [0.1, 0.15) is 155 Å². The van der Waals surface area contributed by atoms with Crippen LogP contribution in [-0.4, -0.2) is 193 Å². The van der Waals surface area contributed by atoms with Crippen molar-refractivity contribution in [2.45, 2.75) is 259 Å². The Morgan fingerprint density at radius 1 is 0.468 bits per heavy atom. The molecule has 79 heavy (non-hydrogen) atoms. The lowest BCUT2D eigenvalue weighted by Gasteiger charge is -2.48. The zero-order valence-corrected chi connectivity index (χ0v) is 47.1. The topological polar surface area (TPSA) is 307 Å². The van der Waals surface area contributed by atoms with E-state index in [2.05, 4.69) is 79.9 Å². The molecule has 0 aromatic heterocycles. The fourth-order valence-corrected chi connectivity index (χ4v) is 9.36. The van der Waals surface area contributed by atoms with Gasteiger partial charge in [0.15, 0.2) is 18.9 Å². The van der Waals surface area contributed by atoms with Gasteiger partial charge < -0.3 is 89.9 Å². The molecule has 0 radical (unpaired) electrons. The Hall–Kier alpha value is -3.03. The average molecular weight is 1120 g/mol. The van der Waals surface area contributed by atoms with Gasteiger partial charge in [0.05, 0.1) is 38.6 Å². The molecule has 3 heterocycles. The third-order valence-electron chi connectivity index (χ3n) is 14.2. The smallest absolute Gasteiger partial charge is 0.220 e. The Bertz CT molecular complexity index is 1770. The van der Waals surface area contributed by atoms with Crippen molar-refractivity contribution in [2.24, 2.45) is 0 Å². The number of aliphatic hydroxyl groups excluding tert-OH is 11. The van der Waals surface area contributed by atoms with E-state index in [1.165, 1.54) is 64.2 Å². The Morgan fingerprint density at radius 2 is 0.886 bits per heavy atom. The van der Waals surface area contributed by atoms with Crippen LogP contribution in [0.3, 0.4) is 0 Å². The summed E-state index contributed by atoms with van der Waals surface area (Å²) in [6.45, 7) is 1.52. The van der Waals surface area contributed by atoms with Gasteiger partial charge in [0.25, 0.3) is 0 Å². The fraction of sp³-hybridized carbons (Fsp3) is 0.750. The van der Waals surface area contributed by atoms with E-state index in [4.69, 9.17) is 28.4 Å². The van der Waals surface area contributed by atoms with Crippen LogP contribution in [0, 0.1) is 0 Å². The zero-order valence-electron chi connectivity index (χ0n) is 47.1. The Kier molecular flexibility index (Phi) is 38.0. The third-order valence-corrected chi connectivity index (χ3v) is 14.2. The molecule has 17 atom stereocenters. The molecule has 3 rings (SSSR count). The number of unbranched alkanes of at least 4 members (excludes halogenated alkanes) is 13. The first-order chi connectivity index (χ1) is 38.3. The Labute approximate surface area is 470 Å². The van der Waals surface area contributed by atoms with Crippen molar-refractivity contribution in [3.05, 3.63) is 85.1 Å². The highest BCUT2D eigenvalue weighted by molar-refractivity contribution is 5.76. The second-order valence-corrected chi connectivity index (χ2v) is 20.7. The number of allylic oxidation sites excluding steroid dienone is 13. The van der Waals surface area contributed by atoms with Gasteiger partial charge in [-0.1, -0.05) is 163 Å². The molecular formula is C60H101NO18. The largest absolute Gasteiger partial charge is 0.394 e. The first-order valence-corrected chi connectivity index (χ1v) is 29.3. The second-order valence-electron chi connectivity index (χ2n) is 20.7. The van der Waals surface area contributed by atoms with Crippen molar-refractivity contribution in [3.63, 3.8) is 0 Å². The lowest BCUT2D eigenvalue weighted by Crippen LogP contribution is -2.66. The van der Waals surface area contributed by atoms with E-state index < -0.39 is 131 Å². The maximum atomic E-state index is 13.3. The van der Waals surface area contributed by atoms with Gasteiger partial charge in [0, 0.05) is 6.42 Å². The molecule has 454 valence electrons. The number of hydrogen-bond donors (Lipinski definition) is 12. The number of rotatable bonds is 41. The minimum atomic E-state index is -1.99. The summed E-state index contributed by atoms with van der Waals surface area (Å²) in [6, 6.07) is -1.02. The van der Waals surface area contributed by atoms with Gasteiger partial charge in [-0.25, -0.2) is 0 Å². The molecule has 3 aliphatic rings. The molecule has 12 N–H and O–H groups in total. The number of nitrogens with one attached hydrogen (secondary N) is 1. The lowest BCUT2D eigenvalue weighted by atomic mass is 9.96. The highest BCUT2D eigenvalue weighted by atomic mass is 16.8. The first-order valence-electron chi connectivity index (χ1n) is 29.3. The molecule has 19 nitrogen and oxygen atoms in total. The minimum absolute atomic E-state index is 0.152. The molecule has 0 saturated carbocycles. The number of carbonyl (C=O) groups excluding carboxylic acids is 1. The van der Waals surface area contributed by atoms with E-state index >= 15 is 0 Å². The highest BCUT2D eigenvalue weighted by Gasteiger charge is 2.53. The lowest BCUT2D eigenvalue weighted by molar-refractivity contribution is -0.379. The zero-order chi connectivity index (χ0) is 57.6. The standard InChI is InChI=1S/C60H101NO18/c1-3-5-7-9-11-13-15-17-19-21-23-25-27-29-31-33-35-37-44(65)43(61-48(66)38-36-34-32-30-28-26-24-22-20-18-16-14-12-10-8-6-4-2)42-74-58-54(72)51(69)56(46(40-63)76-58)79-60-55(73)52(70)57(47(41-64)77-60)78-59-53(71)50(68)49(67)45(39-62)75-59/h6,8,12,14,18,20,24,26-27,29-30,32,35,37,43-47,49-60,62-65,67-73H,3-5,7,9-11,13,15-17,19,21-23,25,28,31,33-34,36,38-42H2,1-2H3,(H,61,66)/b8-6-,14-12-,20-18-,26-24-,29-27+,32-30-,37-35+. The van der Waals surface area contributed by atoms with Gasteiger partial charge in [-0.15, -0.1) is 0 Å². The number of ether oxygens (including phenoxy) is 6. The average Bonchev–Trinajstić information content (AvgIpc) is 3.54. The summed E-state index contributed by atoms with van der Waals surface area (Å²) in [7, 11) is 0. The van der Waals surface area contributed by atoms with Gasteiger partial charge >= 0.3 is 0 Å². The molecule has 0 bridgehead atoms. The summed E-state index contributed by atoms with van der Waals surface area (Å²) in [5.41, 5.74) is 0. The van der Waals surface area contributed by atoms with Crippen LogP contribution < -0.4 is 5.32 Å². The molecule has 1 amide bonds.